The predicted octanol–water partition coefficient (Wildman–Crippen LogP) is 1.40. The topological polar surface area (TPSA) is 105 Å². The molecule has 0 amide bonds. The van der Waals surface area contributed by atoms with E-state index in [0.717, 1.165) is 0 Å². The van der Waals surface area contributed by atoms with E-state index in [-0.39, 0.29) is 5.15 Å². The average Bonchev–Trinajstić information content (AvgIpc) is 3.10. The Hall–Kier alpha value is -2.26. The monoisotopic (exact) mass is 366 g/mol. The molecular weight excluding hydrogens is 352 g/mol. The number of ether oxygens (including phenoxy) is 3. The first-order valence-electron chi connectivity index (χ1n) is 7.76. The van der Waals surface area contributed by atoms with Gasteiger partial charge in [0, 0.05) is 13.8 Å². The molecule has 0 N–H and O–H groups in total. The first-order valence-corrected chi connectivity index (χ1v) is 8.14. The lowest BCUT2D eigenvalue weighted by atomic mass is 10.1. The molecule has 25 heavy (non-hydrogen) atoms. The summed E-state index contributed by atoms with van der Waals surface area (Å²) in [4.78, 5) is 35.4. The molecule has 4 rings (SSSR count). The number of fused-ring (bicyclic) bond motifs is 1. The standard InChI is InChI=1S/C15H15ClN4O5/c1-7(21)23-10-11(24-8(2)22)15(3-4-15)25-14(10)20-6-19-9-12(16)17-5-18-13(9)20/h5-6,10-11,14H,3-4H2,1-2H3. The maximum absolute atomic E-state index is 11.6. The van der Waals surface area contributed by atoms with Crippen LogP contribution >= 0.6 is 11.6 Å². The largest absolute Gasteiger partial charge is 0.455 e. The third-order valence-electron chi connectivity index (χ3n) is 4.38. The van der Waals surface area contributed by atoms with E-state index in [2.05, 4.69) is 15.0 Å². The molecule has 2 aromatic heterocycles. The van der Waals surface area contributed by atoms with Gasteiger partial charge in [-0.3, -0.25) is 14.2 Å². The Balaban J connectivity index is 1.77. The Kier molecular flexibility index (Phi) is 3.66. The van der Waals surface area contributed by atoms with Crippen LogP contribution in [0.4, 0.5) is 0 Å². The summed E-state index contributed by atoms with van der Waals surface area (Å²) >= 11 is 6.04. The van der Waals surface area contributed by atoms with Crippen LogP contribution in [0.15, 0.2) is 12.7 Å². The molecule has 1 saturated heterocycles. The summed E-state index contributed by atoms with van der Waals surface area (Å²) in [6.07, 6.45) is 2.01. The number of esters is 2. The predicted molar refractivity (Wildman–Crippen MR) is 83.5 cm³/mol. The minimum Gasteiger partial charge on any atom is -0.455 e. The van der Waals surface area contributed by atoms with Gasteiger partial charge in [0.15, 0.2) is 29.2 Å². The molecule has 2 aromatic rings. The fourth-order valence-electron chi connectivity index (χ4n) is 3.24. The maximum atomic E-state index is 11.6. The molecule has 1 spiro atoms. The highest BCUT2D eigenvalue weighted by Crippen LogP contribution is 2.55. The Bertz CT molecular complexity index is 865. The fourth-order valence-corrected chi connectivity index (χ4v) is 3.42. The van der Waals surface area contributed by atoms with Gasteiger partial charge >= 0.3 is 11.9 Å². The summed E-state index contributed by atoms with van der Waals surface area (Å²) in [5.74, 6) is -0.955. The van der Waals surface area contributed by atoms with Crippen molar-refractivity contribution in [2.24, 2.45) is 0 Å². The van der Waals surface area contributed by atoms with Crippen molar-refractivity contribution in [2.45, 2.75) is 50.7 Å². The van der Waals surface area contributed by atoms with Gasteiger partial charge in [-0.15, -0.1) is 0 Å². The van der Waals surface area contributed by atoms with Gasteiger partial charge in [-0.25, -0.2) is 15.0 Å². The van der Waals surface area contributed by atoms with Crippen LogP contribution in [0.25, 0.3) is 11.2 Å². The van der Waals surface area contributed by atoms with Gasteiger partial charge in [-0.1, -0.05) is 11.6 Å². The van der Waals surface area contributed by atoms with E-state index in [9.17, 15) is 9.59 Å². The van der Waals surface area contributed by atoms with Crippen LogP contribution in [0.5, 0.6) is 0 Å². The number of halogens is 1. The second kappa shape index (κ2) is 5.63. The van der Waals surface area contributed by atoms with E-state index in [1.807, 2.05) is 0 Å². The zero-order chi connectivity index (χ0) is 17.8. The number of carbonyl (C=O) groups is 2. The highest BCUT2D eigenvalue weighted by Gasteiger charge is 2.66. The highest BCUT2D eigenvalue weighted by atomic mass is 35.5. The highest BCUT2D eigenvalue weighted by molar-refractivity contribution is 6.33. The molecule has 0 aromatic carbocycles. The van der Waals surface area contributed by atoms with E-state index in [1.165, 1.54) is 26.5 Å². The van der Waals surface area contributed by atoms with Gasteiger partial charge in [0.1, 0.15) is 17.4 Å². The van der Waals surface area contributed by atoms with Crippen LogP contribution in [-0.2, 0) is 23.8 Å². The average molecular weight is 367 g/mol. The lowest BCUT2D eigenvalue weighted by Gasteiger charge is -2.23. The van der Waals surface area contributed by atoms with E-state index in [0.29, 0.717) is 24.0 Å². The Morgan fingerprint density at radius 2 is 1.96 bits per heavy atom. The van der Waals surface area contributed by atoms with Crippen molar-refractivity contribution >= 4 is 34.7 Å². The number of carbonyl (C=O) groups excluding carboxylic acids is 2. The third-order valence-corrected chi connectivity index (χ3v) is 4.66. The van der Waals surface area contributed by atoms with Crippen LogP contribution in [0.3, 0.4) is 0 Å². The van der Waals surface area contributed by atoms with Gasteiger partial charge in [-0.2, -0.15) is 0 Å². The van der Waals surface area contributed by atoms with Crippen LogP contribution in [0.2, 0.25) is 5.15 Å². The quantitative estimate of drug-likeness (QED) is 0.593. The first-order chi connectivity index (χ1) is 11.9. The minimum atomic E-state index is -0.810. The van der Waals surface area contributed by atoms with E-state index in [4.69, 9.17) is 25.8 Å². The van der Waals surface area contributed by atoms with Gasteiger partial charge < -0.3 is 14.2 Å². The lowest BCUT2D eigenvalue weighted by Crippen LogP contribution is -2.39. The smallest absolute Gasteiger partial charge is 0.303 e. The van der Waals surface area contributed by atoms with Crippen molar-refractivity contribution < 1.29 is 23.8 Å². The van der Waals surface area contributed by atoms with Crippen molar-refractivity contribution in [3.8, 4) is 0 Å². The number of imidazole rings is 1. The molecule has 2 fully saturated rings. The molecule has 132 valence electrons. The van der Waals surface area contributed by atoms with Crippen LogP contribution in [0, 0.1) is 0 Å². The van der Waals surface area contributed by atoms with Crippen LogP contribution in [-0.4, -0.2) is 49.3 Å². The summed E-state index contributed by atoms with van der Waals surface area (Å²) in [5.41, 5.74) is 0.209. The second-order valence-corrected chi connectivity index (χ2v) is 6.52. The van der Waals surface area contributed by atoms with Crippen LogP contribution < -0.4 is 0 Å². The third kappa shape index (κ3) is 2.63. The van der Waals surface area contributed by atoms with Crippen molar-refractivity contribution in [1.82, 2.24) is 19.5 Å². The van der Waals surface area contributed by atoms with Crippen molar-refractivity contribution in [3.63, 3.8) is 0 Å². The molecule has 1 aliphatic carbocycles. The Morgan fingerprint density at radius 3 is 2.60 bits per heavy atom. The van der Waals surface area contributed by atoms with Crippen molar-refractivity contribution in [2.75, 3.05) is 0 Å². The molecule has 2 aliphatic rings. The summed E-state index contributed by atoms with van der Waals surface area (Å²) in [6.45, 7) is 2.61. The van der Waals surface area contributed by atoms with E-state index < -0.39 is 36.0 Å². The number of aromatic nitrogens is 4. The molecule has 0 bridgehead atoms. The molecular formula is C15H15ClN4O5. The zero-order valence-corrected chi connectivity index (χ0v) is 14.3. The van der Waals surface area contributed by atoms with E-state index in [1.54, 1.807) is 4.57 Å². The molecule has 1 saturated carbocycles. The van der Waals surface area contributed by atoms with Crippen molar-refractivity contribution in [1.29, 1.82) is 0 Å². The minimum absolute atomic E-state index is 0.212. The van der Waals surface area contributed by atoms with Gasteiger partial charge in [0.2, 0.25) is 0 Å². The number of nitrogens with zero attached hydrogens (tertiary/aromatic N) is 4. The molecule has 3 unspecified atom stereocenters. The maximum Gasteiger partial charge on any atom is 0.303 e. The summed E-state index contributed by atoms with van der Waals surface area (Å²) in [5, 5.41) is 0.212. The van der Waals surface area contributed by atoms with Crippen molar-refractivity contribution in [3.05, 3.63) is 17.8 Å². The van der Waals surface area contributed by atoms with Gasteiger partial charge in [0.25, 0.3) is 0 Å². The Labute approximate surface area is 147 Å². The summed E-state index contributed by atoms with van der Waals surface area (Å²) in [6, 6.07) is 0. The molecule has 0 radical (unpaired) electrons. The number of hydrogen-bond acceptors (Lipinski definition) is 8. The lowest BCUT2D eigenvalue weighted by molar-refractivity contribution is -0.165. The molecule has 3 heterocycles. The second-order valence-electron chi connectivity index (χ2n) is 6.17. The zero-order valence-electron chi connectivity index (χ0n) is 13.5. The van der Waals surface area contributed by atoms with Crippen LogP contribution in [0.1, 0.15) is 32.9 Å². The summed E-state index contributed by atoms with van der Waals surface area (Å²) < 4.78 is 18.7. The SMILES string of the molecule is CC(=O)OC1C(n2cnc3c(Cl)ncnc32)OC2(CC2)C1OC(C)=O. The normalized spacial score (nSPS) is 26.8. The number of rotatable bonds is 3. The first kappa shape index (κ1) is 16.2. The molecule has 9 nitrogen and oxygen atoms in total. The summed E-state index contributed by atoms with van der Waals surface area (Å²) in [7, 11) is 0. The molecule has 1 aliphatic heterocycles. The Morgan fingerprint density at radius 1 is 1.24 bits per heavy atom. The molecule has 3 atom stereocenters. The van der Waals surface area contributed by atoms with E-state index >= 15 is 0 Å². The molecule has 10 heteroatoms. The number of hydrogen-bond donors (Lipinski definition) is 0. The fraction of sp³-hybridized carbons (Fsp3) is 0.533. The van der Waals surface area contributed by atoms with Gasteiger partial charge in [0.05, 0.1) is 6.33 Å². The van der Waals surface area contributed by atoms with Gasteiger partial charge in [-0.05, 0) is 12.8 Å².